The quantitative estimate of drug-likeness (QED) is 0.769. The van der Waals surface area contributed by atoms with E-state index in [1.807, 2.05) is 6.07 Å². The third-order valence-corrected chi connectivity index (χ3v) is 2.47. The van der Waals surface area contributed by atoms with Crippen LogP contribution in [0.5, 0.6) is 5.75 Å². The van der Waals surface area contributed by atoms with Crippen molar-refractivity contribution in [3.05, 3.63) is 29.6 Å². The van der Waals surface area contributed by atoms with Crippen molar-refractivity contribution in [3.8, 4) is 11.8 Å². The summed E-state index contributed by atoms with van der Waals surface area (Å²) in [5.41, 5.74) is 0.296. The molecule has 84 valence electrons. The molecule has 0 saturated carbocycles. The van der Waals surface area contributed by atoms with Gasteiger partial charge in [0.05, 0.1) is 18.2 Å². The first kappa shape index (κ1) is 10.9. The summed E-state index contributed by atoms with van der Waals surface area (Å²) in [6.45, 7) is 1.25. The molecule has 0 aliphatic carbocycles. The average molecular weight is 221 g/mol. The summed E-state index contributed by atoms with van der Waals surface area (Å²) in [6, 6.07) is 6.09. The van der Waals surface area contributed by atoms with Crippen LogP contribution in [0.25, 0.3) is 0 Å². The highest BCUT2D eigenvalue weighted by Gasteiger charge is 2.17. The topological polar surface area (TPSA) is 42.2 Å². The standard InChI is InChI=1S/C12H12FNO2/c13-11-6-9(7-14)3-4-12(11)16-10-2-1-5-15-8-10/h3-4,6,10H,1-2,5,8H2. The predicted octanol–water partition coefficient (Wildman–Crippen LogP) is 2.26. The van der Waals surface area contributed by atoms with Crippen molar-refractivity contribution in [2.24, 2.45) is 0 Å². The van der Waals surface area contributed by atoms with Crippen LogP contribution in [-0.4, -0.2) is 19.3 Å². The monoisotopic (exact) mass is 221 g/mol. The average Bonchev–Trinajstić information content (AvgIpc) is 2.33. The largest absolute Gasteiger partial charge is 0.485 e. The molecule has 16 heavy (non-hydrogen) atoms. The second kappa shape index (κ2) is 4.95. The zero-order valence-electron chi connectivity index (χ0n) is 8.78. The maximum Gasteiger partial charge on any atom is 0.166 e. The van der Waals surface area contributed by atoms with Crippen molar-refractivity contribution in [2.75, 3.05) is 13.2 Å². The van der Waals surface area contributed by atoms with Gasteiger partial charge in [-0.15, -0.1) is 0 Å². The number of nitrogens with zero attached hydrogens (tertiary/aromatic N) is 1. The maximum absolute atomic E-state index is 13.5. The van der Waals surface area contributed by atoms with E-state index < -0.39 is 5.82 Å². The number of benzene rings is 1. The summed E-state index contributed by atoms with van der Waals surface area (Å²) in [7, 11) is 0. The first-order valence-corrected chi connectivity index (χ1v) is 5.23. The van der Waals surface area contributed by atoms with E-state index in [1.54, 1.807) is 6.07 Å². The van der Waals surface area contributed by atoms with Crippen molar-refractivity contribution in [1.82, 2.24) is 0 Å². The van der Waals surface area contributed by atoms with Gasteiger partial charge in [0, 0.05) is 6.61 Å². The second-order valence-electron chi connectivity index (χ2n) is 3.71. The van der Waals surface area contributed by atoms with Crippen LogP contribution in [-0.2, 0) is 4.74 Å². The molecular weight excluding hydrogens is 209 g/mol. The third-order valence-electron chi connectivity index (χ3n) is 2.47. The molecule has 1 aromatic carbocycles. The minimum absolute atomic E-state index is 0.0869. The van der Waals surface area contributed by atoms with E-state index >= 15 is 0 Å². The fourth-order valence-electron chi connectivity index (χ4n) is 1.65. The highest BCUT2D eigenvalue weighted by atomic mass is 19.1. The lowest BCUT2D eigenvalue weighted by molar-refractivity contribution is 0.00588. The van der Waals surface area contributed by atoms with Gasteiger partial charge in [-0.05, 0) is 31.0 Å². The number of nitriles is 1. The van der Waals surface area contributed by atoms with Gasteiger partial charge in [-0.1, -0.05) is 0 Å². The molecule has 1 saturated heterocycles. The van der Waals surface area contributed by atoms with Crippen LogP contribution < -0.4 is 4.74 Å². The summed E-state index contributed by atoms with van der Waals surface area (Å²) < 4.78 is 24.2. The smallest absolute Gasteiger partial charge is 0.166 e. The van der Waals surface area contributed by atoms with Crippen molar-refractivity contribution < 1.29 is 13.9 Å². The number of hydrogen-bond acceptors (Lipinski definition) is 3. The Bertz CT molecular complexity index is 408. The normalized spacial score (nSPS) is 20.1. The molecule has 0 spiro atoms. The van der Waals surface area contributed by atoms with Crippen LogP contribution in [0.2, 0.25) is 0 Å². The Morgan fingerprint density at radius 1 is 1.50 bits per heavy atom. The molecule has 0 N–H and O–H groups in total. The lowest BCUT2D eigenvalue weighted by Crippen LogP contribution is -2.28. The van der Waals surface area contributed by atoms with Gasteiger partial charge < -0.3 is 9.47 Å². The second-order valence-corrected chi connectivity index (χ2v) is 3.71. The molecule has 0 aromatic heterocycles. The summed E-state index contributed by atoms with van der Waals surface area (Å²) in [5.74, 6) is -0.306. The number of rotatable bonds is 2. The highest BCUT2D eigenvalue weighted by molar-refractivity contribution is 5.36. The molecule has 0 amide bonds. The maximum atomic E-state index is 13.5. The first-order chi connectivity index (χ1) is 7.79. The van der Waals surface area contributed by atoms with Crippen molar-refractivity contribution >= 4 is 0 Å². The summed E-state index contributed by atoms with van der Waals surface area (Å²) in [4.78, 5) is 0. The van der Waals surface area contributed by atoms with Crippen molar-refractivity contribution in [2.45, 2.75) is 18.9 Å². The van der Waals surface area contributed by atoms with E-state index in [1.165, 1.54) is 12.1 Å². The molecule has 1 atom stereocenters. The summed E-state index contributed by atoms with van der Waals surface area (Å²) in [6.07, 6.45) is 1.72. The SMILES string of the molecule is N#Cc1ccc(OC2CCCOC2)c(F)c1. The third kappa shape index (κ3) is 2.50. The zero-order chi connectivity index (χ0) is 11.4. The van der Waals surface area contributed by atoms with Gasteiger partial charge in [-0.25, -0.2) is 4.39 Å². The Morgan fingerprint density at radius 2 is 2.38 bits per heavy atom. The molecule has 1 heterocycles. The Balaban J connectivity index is 2.06. The lowest BCUT2D eigenvalue weighted by Gasteiger charge is -2.23. The molecule has 0 bridgehead atoms. The highest BCUT2D eigenvalue weighted by Crippen LogP contribution is 2.21. The van der Waals surface area contributed by atoms with Gasteiger partial charge in [0.2, 0.25) is 0 Å². The van der Waals surface area contributed by atoms with Crippen LogP contribution >= 0.6 is 0 Å². The van der Waals surface area contributed by atoms with E-state index in [9.17, 15) is 4.39 Å². The van der Waals surface area contributed by atoms with E-state index in [0.717, 1.165) is 19.4 Å². The first-order valence-electron chi connectivity index (χ1n) is 5.23. The van der Waals surface area contributed by atoms with Gasteiger partial charge in [0.1, 0.15) is 6.10 Å². The molecular formula is C12H12FNO2. The Kier molecular flexibility index (Phi) is 3.37. The molecule has 1 fully saturated rings. The zero-order valence-corrected chi connectivity index (χ0v) is 8.78. The van der Waals surface area contributed by atoms with Crippen LogP contribution in [0.15, 0.2) is 18.2 Å². The fourth-order valence-corrected chi connectivity index (χ4v) is 1.65. The Labute approximate surface area is 93.4 Å². The number of hydrogen-bond donors (Lipinski definition) is 0. The molecule has 3 nitrogen and oxygen atoms in total. The van der Waals surface area contributed by atoms with Crippen molar-refractivity contribution in [3.63, 3.8) is 0 Å². The molecule has 1 unspecified atom stereocenters. The van der Waals surface area contributed by atoms with E-state index in [-0.39, 0.29) is 11.9 Å². The number of ether oxygens (including phenoxy) is 2. The van der Waals surface area contributed by atoms with Gasteiger partial charge in [0.15, 0.2) is 11.6 Å². The van der Waals surface area contributed by atoms with E-state index in [0.29, 0.717) is 12.2 Å². The minimum Gasteiger partial charge on any atom is -0.485 e. The van der Waals surface area contributed by atoms with Gasteiger partial charge in [-0.3, -0.25) is 0 Å². The van der Waals surface area contributed by atoms with Crippen LogP contribution in [0, 0.1) is 17.1 Å². The van der Waals surface area contributed by atoms with Gasteiger partial charge >= 0.3 is 0 Å². The Morgan fingerprint density at radius 3 is 3.00 bits per heavy atom. The van der Waals surface area contributed by atoms with Crippen molar-refractivity contribution in [1.29, 1.82) is 5.26 Å². The van der Waals surface area contributed by atoms with Crippen LogP contribution in [0.3, 0.4) is 0 Å². The minimum atomic E-state index is -0.496. The van der Waals surface area contributed by atoms with Crippen LogP contribution in [0.1, 0.15) is 18.4 Å². The van der Waals surface area contributed by atoms with Crippen LogP contribution in [0.4, 0.5) is 4.39 Å². The summed E-state index contributed by atoms with van der Waals surface area (Å²) in [5, 5.41) is 8.60. The number of halogens is 1. The molecule has 0 radical (unpaired) electrons. The van der Waals surface area contributed by atoms with Gasteiger partial charge in [-0.2, -0.15) is 5.26 Å². The predicted molar refractivity (Wildman–Crippen MR) is 55.6 cm³/mol. The summed E-state index contributed by atoms with van der Waals surface area (Å²) >= 11 is 0. The molecule has 1 aliphatic rings. The molecule has 1 aliphatic heterocycles. The Hall–Kier alpha value is -1.60. The molecule has 2 rings (SSSR count). The van der Waals surface area contributed by atoms with E-state index in [4.69, 9.17) is 14.7 Å². The molecule has 1 aromatic rings. The lowest BCUT2D eigenvalue weighted by atomic mass is 10.1. The molecule has 4 heteroatoms. The van der Waals surface area contributed by atoms with E-state index in [2.05, 4.69) is 0 Å². The fraction of sp³-hybridized carbons (Fsp3) is 0.417. The van der Waals surface area contributed by atoms with Gasteiger partial charge in [0.25, 0.3) is 0 Å².